The van der Waals surface area contributed by atoms with Crippen LogP contribution < -0.4 is 15.0 Å². The Morgan fingerprint density at radius 1 is 1.25 bits per heavy atom. The number of nitrogens with zero attached hydrogens (tertiary/aromatic N) is 3. The summed E-state index contributed by atoms with van der Waals surface area (Å²) in [4.78, 5) is 22.3. The number of amides is 1. The number of fused-ring (bicyclic) bond motifs is 3. The molecule has 2 aromatic rings. The highest BCUT2D eigenvalue weighted by atomic mass is 35.5. The summed E-state index contributed by atoms with van der Waals surface area (Å²) in [7, 11) is 0. The van der Waals surface area contributed by atoms with Gasteiger partial charge in [0, 0.05) is 26.2 Å². The van der Waals surface area contributed by atoms with E-state index in [-0.39, 0.29) is 58.5 Å². The number of halogens is 2. The topological polar surface area (TPSA) is 87.2 Å². The van der Waals surface area contributed by atoms with Gasteiger partial charge in [0.25, 0.3) is 5.91 Å². The Hall–Kier alpha value is -2.62. The van der Waals surface area contributed by atoms with E-state index in [0.717, 1.165) is 6.42 Å². The number of anilines is 1. The molecule has 4 heterocycles. The van der Waals surface area contributed by atoms with Gasteiger partial charge < -0.3 is 29.7 Å². The molecule has 3 aliphatic heterocycles. The quantitative estimate of drug-likeness (QED) is 0.709. The Kier molecular flexibility index (Phi) is 4.67. The zero-order valence-electron chi connectivity index (χ0n) is 17.2. The molecular weight excluding hydrogens is 439 g/mol. The number of phenolic OH excluding ortho intramolecular Hbond substituents is 1. The molecule has 4 aliphatic rings. The predicted octanol–water partition coefficient (Wildman–Crippen LogP) is 2.03. The van der Waals surface area contributed by atoms with Crippen LogP contribution in [-0.2, 0) is 4.74 Å². The van der Waals surface area contributed by atoms with Gasteiger partial charge in [0.2, 0.25) is 0 Å². The van der Waals surface area contributed by atoms with E-state index in [2.05, 4.69) is 5.32 Å². The van der Waals surface area contributed by atoms with Crippen LogP contribution >= 0.6 is 11.6 Å². The first-order valence-electron chi connectivity index (χ1n) is 10.8. The lowest BCUT2D eigenvalue weighted by Gasteiger charge is -2.35. The van der Waals surface area contributed by atoms with Gasteiger partial charge >= 0.3 is 0 Å². The first-order valence-corrected chi connectivity index (χ1v) is 11.2. The van der Waals surface area contributed by atoms with Gasteiger partial charge in [-0.1, -0.05) is 17.7 Å². The number of rotatable bonds is 2. The van der Waals surface area contributed by atoms with Gasteiger partial charge in [-0.3, -0.25) is 4.79 Å². The molecule has 1 aromatic heterocycles. The van der Waals surface area contributed by atoms with Gasteiger partial charge in [-0.25, -0.2) is 9.37 Å². The van der Waals surface area contributed by atoms with Gasteiger partial charge in [-0.15, -0.1) is 0 Å². The molecule has 1 aromatic carbocycles. The lowest BCUT2D eigenvalue weighted by atomic mass is 10.1. The molecule has 2 unspecified atom stereocenters. The molecule has 10 heteroatoms. The monoisotopic (exact) mass is 460 g/mol. The second-order valence-electron chi connectivity index (χ2n) is 8.51. The number of hydrogen-bond donors (Lipinski definition) is 2. The van der Waals surface area contributed by atoms with E-state index in [9.17, 15) is 14.3 Å². The lowest BCUT2D eigenvalue weighted by molar-refractivity contribution is 0.0606. The number of carbonyl (C=O) groups is 1. The molecule has 1 aliphatic carbocycles. The minimum Gasteiger partial charge on any atom is -0.507 e. The van der Waals surface area contributed by atoms with Crippen molar-refractivity contribution in [2.24, 2.45) is 0 Å². The number of carbonyl (C=O) groups excluding carboxylic acids is 1. The van der Waals surface area contributed by atoms with Crippen molar-refractivity contribution in [3.8, 4) is 22.8 Å². The molecule has 2 saturated heterocycles. The maximum atomic E-state index is 14.8. The summed E-state index contributed by atoms with van der Waals surface area (Å²) in [6.45, 7) is 3.16. The number of piperazine rings is 1. The predicted molar refractivity (Wildman–Crippen MR) is 115 cm³/mol. The fourth-order valence-electron chi connectivity index (χ4n) is 4.88. The van der Waals surface area contributed by atoms with Crippen molar-refractivity contribution in [2.75, 3.05) is 44.3 Å². The molecule has 32 heavy (non-hydrogen) atoms. The van der Waals surface area contributed by atoms with E-state index in [1.807, 2.05) is 4.90 Å². The van der Waals surface area contributed by atoms with E-state index >= 15 is 0 Å². The van der Waals surface area contributed by atoms with Gasteiger partial charge in [0.05, 0.1) is 30.4 Å². The minimum atomic E-state index is -0.654. The van der Waals surface area contributed by atoms with Crippen molar-refractivity contribution < 1.29 is 23.8 Å². The lowest BCUT2D eigenvalue weighted by Crippen LogP contribution is -2.55. The van der Waals surface area contributed by atoms with E-state index in [0.29, 0.717) is 44.2 Å². The summed E-state index contributed by atoms with van der Waals surface area (Å²) in [5.74, 6) is -0.530. The largest absolute Gasteiger partial charge is 0.507 e. The number of pyridine rings is 1. The first kappa shape index (κ1) is 20.0. The van der Waals surface area contributed by atoms with Crippen molar-refractivity contribution >= 4 is 23.3 Å². The van der Waals surface area contributed by atoms with Crippen LogP contribution in [0.1, 0.15) is 16.8 Å². The summed E-state index contributed by atoms with van der Waals surface area (Å²) in [5.41, 5.74) is 0.249. The Labute approximate surface area is 188 Å². The maximum absolute atomic E-state index is 14.8. The molecule has 1 saturated carbocycles. The summed E-state index contributed by atoms with van der Waals surface area (Å²) in [6.07, 6.45) is 0.931. The summed E-state index contributed by atoms with van der Waals surface area (Å²) in [6, 6.07) is 3.98. The minimum absolute atomic E-state index is 0.0194. The van der Waals surface area contributed by atoms with Crippen LogP contribution in [0.25, 0.3) is 11.3 Å². The SMILES string of the molecule is O=C1c2c(N3CCOC4CC43)nc(-c3c(O)cccc3F)c(Cl)c2OC[C@H]2CNCCN12. The summed E-state index contributed by atoms with van der Waals surface area (Å²) < 4.78 is 26.6. The average Bonchev–Trinajstić information content (AvgIpc) is 3.59. The highest BCUT2D eigenvalue weighted by molar-refractivity contribution is 6.35. The van der Waals surface area contributed by atoms with Crippen LogP contribution in [-0.4, -0.2) is 78.5 Å². The Morgan fingerprint density at radius 3 is 2.97 bits per heavy atom. The molecule has 3 atom stereocenters. The molecule has 0 radical (unpaired) electrons. The maximum Gasteiger partial charge on any atom is 0.261 e. The highest BCUT2D eigenvalue weighted by Crippen LogP contribution is 2.48. The van der Waals surface area contributed by atoms with Crippen LogP contribution in [0.3, 0.4) is 0 Å². The Bertz CT molecular complexity index is 1100. The van der Waals surface area contributed by atoms with Crippen molar-refractivity contribution in [1.82, 2.24) is 15.2 Å². The molecule has 168 valence electrons. The van der Waals surface area contributed by atoms with E-state index < -0.39 is 5.82 Å². The zero-order chi connectivity index (χ0) is 22.0. The summed E-state index contributed by atoms with van der Waals surface area (Å²) >= 11 is 6.70. The zero-order valence-corrected chi connectivity index (χ0v) is 17.9. The number of morpholine rings is 1. The molecule has 6 rings (SSSR count). The fraction of sp³-hybridized carbons (Fsp3) is 0.455. The standard InChI is InChI=1S/C22H22ClFN4O4/c23-18-19(16-12(24)2-1-3-14(16)29)26-21(28-6-7-31-15-8-13(15)28)17-20(18)32-10-11-9-25-4-5-27(11)22(17)30/h1-3,11,13,15,25,29H,4-10H2/t11-,13?,15?/m1/s1. The number of aromatic hydroxyl groups is 1. The number of ether oxygens (including phenoxy) is 2. The van der Waals surface area contributed by atoms with Crippen molar-refractivity contribution in [1.29, 1.82) is 0 Å². The molecule has 0 spiro atoms. The van der Waals surface area contributed by atoms with E-state index in [1.165, 1.54) is 18.2 Å². The van der Waals surface area contributed by atoms with Crippen molar-refractivity contribution in [3.63, 3.8) is 0 Å². The highest BCUT2D eigenvalue weighted by Gasteiger charge is 2.49. The van der Waals surface area contributed by atoms with Crippen molar-refractivity contribution in [2.45, 2.75) is 24.6 Å². The second kappa shape index (κ2) is 7.47. The van der Waals surface area contributed by atoms with Gasteiger partial charge in [-0.05, 0) is 18.6 Å². The normalized spacial score (nSPS) is 26.6. The van der Waals surface area contributed by atoms with Crippen LogP contribution in [0.4, 0.5) is 10.2 Å². The van der Waals surface area contributed by atoms with Gasteiger partial charge in [-0.2, -0.15) is 0 Å². The van der Waals surface area contributed by atoms with E-state index in [1.54, 1.807) is 4.90 Å². The van der Waals surface area contributed by atoms with Gasteiger partial charge in [0.1, 0.15) is 40.3 Å². The molecule has 2 N–H and O–H groups in total. The molecule has 3 fully saturated rings. The number of nitrogens with one attached hydrogen (secondary N) is 1. The molecule has 1 amide bonds. The van der Waals surface area contributed by atoms with Crippen LogP contribution in [0.2, 0.25) is 5.02 Å². The van der Waals surface area contributed by atoms with Crippen molar-refractivity contribution in [3.05, 3.63) is 34.6 Å². The van der Waals surface area contributed by atoms with Crippen LogP contribution in [0.15, 0.2) is 18.2 Å². The average molecular weight is 461 g/mol. The number of benzene rings is 1. The molecule has 0 bridgehead atoms. The Morgan fingerprint density at radius 2 is 2.12 bits per heavy atom. The number of aromatic nitrogens is 1. The molecule has 8 nitrogen and oxygen atoms in total. The third-order valence-corrected chi connectivity index (χ3v) is 6.94. The third-order valence-electron chi connectivity index (χ3n) is 6.59. The first-order chi connectivity index (χ1) is 15.5. The summed E-state index contributed by atoms with van der Waals surface area (Å²) in [5, 5.41) is 13.7. The number of hydrogen-bond acceptors (Lipinski definition) is 7. The van der Waals surface area contributed by atoms with E-state index in [4.69, 9.17) is 26.1 Å². The third kappa shape index (κ3) is 3.02. The Balaban J connectivity index is 1.58. The van der Waals surface area contributed by atoms with Crippen LogP contribution in [0, 0.1) is 5.82 Å². The smallest absolute Gasteiger partial charge is 0.261 e. The van der Waals surface area contributed by atoms with Crippen LogP contribution in [0.5, 0.6) is 11.5 Å². The van der Waals surface area contributed by atoms with Gasteiger partial charge in [0.15, 0.2) is 5.75 Å². The second-order valence-corrected chi connectivity index (χ2v) is 8.89. The fourth-order valence-corrected chi connectivity index (χ4v) is 5.16. The molecular formula is C22H22ClFN4O4. The number of phenols is 1.